The molecule has 34 heavy (non-hydrogen) atoms. The van der Waals surface area contributed by atoms with Gasteiger partial charge in [0, 0.05) is 12.0 Å². The highest BCUT2D eigenvalue weighted by Gasteiger charge is 2.49. The maximum Gasteiger partial charge on any atom is 0.331 e. The SMILES string of the molecule is O=C(/C=C/c1ccccc1)OCC1=CC(O)[C@@H]2C=CO[C@@H](O[C@@H]3O[C@H](CO)[C@@H](O)[C@H](O)[C@H]3O)[C@H]12. The monoisotopic (exact) mass is 476 g/mol. The molecule has 10 heteroatoms. The molecule has 184 valence electrons. The van der Waals surface area contributed by atoms with Crippen LogP contribution in [0.25, 0.3) is 6.08 Å². The van der Waals surface area contributed by atoms with Gasteiger partial charge in [-0.1, -0.05) is 36.4 Å². The van der Waals surface area contributed by atoms with Gasteiger partial charge in [0.1, 0.15) is 31.0 Å². The summed E-state index contributed by atoms with van der Waals surface area (Å²) in [5.41, 5.74) is 1.40. The number of ether oxygens (including phenoxy) is 4. The predicted octanol–water partition coefficient (Wildman–Crippen LogP) is -0.537. The van der Waals surface area contributed by atoms with Crippen LogP contribution in [0.3, 0.4) is 0 Å². The van der Waals surface area contributed by atoms with Crippen molar-refractivity contribution in [2.24, 2.45) is 11.8 Å². The Kier molecular flexibility index (Phi) is 7.79. The number of aliphatic hydroxyl groups excluding tert-OH is 5. The van der Waals surface area contributed by atoms with Crippen LogP contribution in [0.5, 0.6) is 0 Å². The molecule has 2 aliphatic heterocycles. The van der Waals surface area contributed by atoms with Gasteiger partial charge in [0.2, 0.25) is 6.29 Å². The number of rotatable bonds is 7. The summed E-state index contributed by atoms with van der Waals surface area (Å²) in [4.78, 5) is 12.2. The highest BCUT2D eigenvalue weighted by Crippen LogP contribution is 2.41. The molecule has 3 aliphatic rings. The molecular formula is C24H28O10. The third kappa shape index (κ3) is 5.23. The van der Waals surface area contributed by atoms with Crippen LogP contribution in [-0.2, 0) is 23.7 Å². The normalized spacial score (nSPS) is 37.2. The molecule has 0 amide bonds. The molecule has 5 N–H and O–H groups in total. The molecule has 1 aromatic carbocycles. The van der Waals surface area contributed by atoms with Crippen LogP contribution in [0.15, 0.2) is 60.4 Å². The number of aliphatic hydroxyl groups is 5. The maximum atomic E-state index is 12.2. The van der Waals surface area contributed by atoms with Gasteiger partial charge >= 0.3 is 5.97 Å². The standard InChI is InChI=1S/C24H28O10/c25-11-17-20(28)21(29)22(30)24(33-17)34-23-19-14(10-16(26)15(19)8-9-31-23)12-32-18(27)7-6-13-4-2-1-3-5-13/h1-10,15-17,19-26,28-30H,11-12H2/b7-6+/t15-,16?,17+,19+,20+,21-,22+,23-,24-/m0/s1. The molecule has 1 saturated heterocycles. The fourth-order valence-electron chi connectivity index (χ4n) is 4.29. The van der Waals surface area contributed by atoms with Crippen LogP contribution in [0.1, 0.15) is 5.56 Å². The van der Waals surface area contributed by atoms with E-state index in [2.05, 4.69) is 0 Å². The highest BCUT2D eigenvalue weighted by atomic mass is 16.8. The average Bonchev–Trinajstić information content (AvgIpc) is 3.18. The molecule has 0 aromatic heterocycles. The molecule has 1 aromatic rings. The molecule has 0 saturated carbocycles. The average molecular weight is 476 g/mol. The summed E-state index contributed by atoms with van der Waals surface area (Å²) in [7, 11) is 0. The number of carbonyl (C=O) groups is 1. The van der Waals surface area contributed by atoms with Crippen molar-refractivity contribution in [2.45, 2.75) is 43.1 Å². The molecule has 1 aliphatic carbocycles. The molecule has 10 nitrogen and oxygen atoms in total. The molecule has 0 radical (unpaired) electrons. The van der Waals surface area contributed by atoms with Crippen molar-refractivity contribution in [1.82, 2.24) is 0 Å². The van der Waals surface area contributed by atoms with Gasteiger partial charge in [0.05, 0.1) is 24.9 Å². The van der Waals surface area contributed by atoms with Crippen molar-refractivity contribution >= 4 is 12.0 Å². The first-order valence-corrected chi connectivity index (χ1v) is 11.0. The second-order valence-electron chi connectivity index (χ2n) is 8.35. The van der Waals surface area contributed by atoms with E-state index in [-0.39, 0.29) is 6.61 Å². The van der Waals surface area contributed by atoms with Gasteiger partial charge in [-0.2, -0.15) is 0 Å². The van der Waals surface area contributed by atoms with Gasteiger partial charge in [-0.3, -0.25) is 0 Å². The predicted molar refractivity (Wildman–Crippen MR) is 116 cm³/mol. The number of hydrogen-bond acceptors (Lipinski definition) is 10. The third-order valence-corrected chi connectivity index (χ3v) is 6.14. The van der Waals surface area contributed by atoms with Crippen LogP contribution in [-0.4, -0.2) is 87.8 Å². The van der Waals surface area contributed by atoms with E-state index in [4.69, 9.17) is 18.9 Å². The first kappa shape index (κ1) is 24.6. The summed E-state index contributed by atoms with van der Waals surface area (Å²) in [6, 6.07) is 9.26. The van der Waals surface area contributed by atoms with E-state index in [1.54, 1.807) is 18.2 Å². The summed E-state index contributed by atoms with van der Waals surface area (Å²) in [5, 5.41) is 50.1. The molecule has 9 atom stereocenters. The Morgan fingerprint density at radius 3 is 2.53 bits per heavy atom. The zero-order valence-corrected chi connectivity index (χ0v) is 18.2. The van der Waals surface area contributed by atoms with Crippen molar-refractivity contribution < 1.29 is 49.3 Å². The highest BCUT2D eigenvalue weighted by molar-refractivity contribution is 5.87. The summed E-state index contributed by atoms with van der Waals surface area (Å²) in [5.74, 6) is -1.57. The van der Waals surface area contributed by atoms with E-state index in [9.17, 15) is 30.3 Å². The maximum absolute atomic E-state index is 12.2. The largest absolute Gasteiger partial charge is 0.472 e. The van der Waals surface area contributed by atoms with E-state index in [1.807, 2.05) is 30.3 Å². The summed E-state index contributed by atoms with van der Waals surface area (Å²) in [6.45, 7) is -0.722. The zero-order chi connectivity index (χ0) is 24.2. The Morgan fingerprint density at radius 2 is 1.79 bits per heavy atom. The van der Waals surface area contributed by atoms with Crippen molar-refractivity contribution in [3.63, 3.8) is 0 Å². The lowest BCUT2D eigenvalue weighted by Crippen LogP contribution is -2.60. The quantitative estimate of drug-likeness (QED) is 0.197. The summed E-state index contributed by atoms with van der Waals surface area (Å²) >= 11 is 0. The van der Waals surface area contributed by atoms with Gasteiger partial charge in [0.15, 0.2) is 6.29 Å². The van der Waals surface area contributed by atoms with Crippen LogP contribution in [0.2, 0.25) is 0 Å². The second kappa shape index (κ2) is 10.8. The number of fused-ring (bicyclic) bond motifs is 1. The lowest BCUT2D eigenvalue weighted by Gasteiger charge is -2.42. The number of esters is 1. The molecule has 0 bridgehead atoms. The van der Waals surface area contributed by atoms with E-state index in [1.165, 1.54) is 12.3 Å². The first-order chi connectivity index (χ1) is 16.4. The molecular weight excluding hydrogens is 448 g/mol. The van der Waals surface area contributed by atoms with E-state index in [0.717, 1.165) is 5.56 Å². The van der Waals surface area contributed by atoms with Crippen molar-refractivity contribution in [3.8, 4) is 0 Å². The fourth-order valence-corrected chi connectivity index (χ4v) is 4.29. The first-order valence-electron chi connectivity index (χ1n) is 11.0. The Hall–Kier alpha value is -2.57. The Balaban J connectivity index is 1.41. The minimum absolute atomic E-state index is 0.123. The fraction of sp³-hybridized carbons (Fsp3) is 0.458. The van der Waals surface area contributed by atoms with E-state index >= 15 is 0 Å². The molecule has 4 rings (SSSR count). The minimum atomic E-state index is -1.61. The topological polar surface area (TPSA) is 155 Å². The molecule has 0 spiro atoms. The van der Waals surface area contributed by atoms with Crippen LogP contribution in [0, 0.1) is 11.8 Å². The van der Waals surface area contributed by atoms with Gasteiger partial charge < -0.3 is 44.5 Å². The smallest absolute Gasteiger partial charge is 0.331 e. The second-order valence-corrected chi connectivity index (χ2v) is 8.35. The van der Waals surface area contributed by atoms with Crippen molar-refractivity contribution in [2.75, 3.05) is 13.2 Å². The Bertz CT molecular complexity index is 927. The number of carbonyl (C=O) groups excluding carboxylic acids is 1. The molecule has 1 fully saturated rings. The number of benzene rings is 1. The van der Waals surface area contributed by atoms with Gasteiger partial charge in [-0.05, 0) is 23.3 Å². The summed E-state index contributed by atoms with van der Waals surface area (Å²) < 4.78 is 22.1. The van der Waals surface area contributed by atoms with E-state index in [0.29, 0.717) is 5.57 Å². The zero-order valence-electron chi connectivity index (χ0n) is 18.2. The molecule has 1 unspecified atom stereocenters. The molecule has 2 heterocycles. The van der Waals surface area contributed by atoms with Crippen LogP contribution >= 0.6 is 0 Å². The lowest BCUT2D eigenvalue weighted by molar-refractivity contribution is -0.339. The Labute approximate surface area is 196 Å². The van der Waals surface area contributed by atoms with Crippen LogP contribution in [0.4, 0.5) is 0 Å². The van der Waals surface area contributed by atoms with Gasteiger partial charge in [-0.25, -0.2) is 4.79 Å². The minimum Gasteiger partial charge on any atom is -0.472 e. The van der Waals surface area contributed by atoms with Crippen molar-refractivity contribution in [1.29, 1.82) is 0 Å². The van der Waals surface area contributed by atoms with Crippen molar-refractivity contribution in [3.05, 3.63) is 66.0 Å². The van der Waals surface area contributed by atoms with Gasteiger partial charge in [-0.15, -0.1) is 0 Å². The number of hydrogen-bond donors (Lipinski definition) is 5. The van der Waals surface area contributed by atoms with Crippen LogP contribution < -0.4 is 0 Å². The third-order valence-electron chi connectivity index (χ3n) is 6.14. The summed E-state index contributed by atoms with van der Waals surface area (Å²) in [6.07, 6.45) is -1.72. The van der Waals surface area contributed by atoms with E-state index < -0.39 is 67.5 Å². The van der Waals surface area contributed by atoms with Gasteiger partial charge in [0.25, 0.3) is 0 Å². The Morgan fingerprint density at radius 1 is 1.03 bits per heavy atom. The lowest BCUT2D eigenvalue weighted by atomic mass is 9.88.